The van der Waals surface area contributed by atoms with Crippen LogP contribution in [0, 0.1) is 11.8 Å². The van der Waals surface area contributed by atoms with Gasteiger partial charge in [-0.3, -0.25) is 4.90 Å². The minimum Gasteiger partial charge on any atom is -0.381 e. The molecule has 0 aromatic carbocycles. The first-order valence-corrected chi connectivity index (χ1v) is 5.09. The van der Waals surface area contributed by atoms with Gasteiger partial charge in [-0.15, -0.1) is 0 Å². The van der Waals surface area contributed by atoms with Crippen molar-refractivity contribution < 1.29 is 4.74 Å². The van der Waals surface area contributed by atoms with E-state index in [1.807, 2.05) is 0 Å². The van der Waals surface area contributed by atoms with E-state index in [0.29, 0.717) is 0 Å². The Morgan fingerprint density at radius 1 is 1.42 bits per heavy atom. The lowest BCUT2D eigenvalue weighted by Gasteiger charge is -2.46. The summed E-state index contributed by atoms with van der Waals surface area (Å²) in [6.45, 7) is 9.26. The third-order valence-electron chi connectivity index (χ3n) is 3.15. The SMILES string of the molecule is CC(C)[C@H]1CCN1CC1COC1. The summed E-state index contributed by atoms with van der Waals surface area (Å²) < 4.78 is 5.17. The summed E-state index contributed by atoms with van der Waals surface area (Å²) >= 11 is 0. The van der Waals surface area contributed by atoms with Gasteiger partial charge in [0.25, 0.3) is 0 Å². The van der Waals surface area contributed by atoms with Gasteiger partial charge in [0.05, 0.1) is 13.2 Å². The van der Waals surface area contributed by atoms with E-state index in [-0.39, 0.29) is 0 Å². The molecule has 2 fully saturated rings. The Kier molecular flexibility index (Phi) is 2.37. The molecule has 12 heavy (non-hydrogen) atoms. The largest absolute Gasteiger partial charge is 0.381 e. The molecule has 0 spiro atoms. The molecule has 0 aromatic heterocycles. The van der Waals surface area contributed by atoms with Crippen molar-refractivity contribution in [2.24, 2.45) is 11.8 Å². The molecule has 0 saturated carbocycles. The molecular formula is C10H19NO. The molecule has 0 N–H and O–H groups in total. The maximum atomic E-state index is 5.17. The van der Waals surface area contributed by atoms with Crippen molar-refractivity contribution in [1.82, 2.24) is 4.90 Å². The van der Waals surface area contributed by atoms with E-state index in [4.69, 9.17) is 4.74 Å². The third kappa shape index (κ3) is 1.50. The molecule has 0 bridgehead atoms. The van der Waals surface area contributed by atoms with Crippen molar-refractivity contribution in [3.05, 3.63) is 0 Å². The Morgan fingerprint density at radius 3 is 2.50 bits per heavy atom. The van der Waals surface area contributed by atoms with Gasteiger partial charge in [-0.05, 0) is 18.9 Å². The van der Waals surface area contributed by atoms with E-state index in [1.165, 1.54) is 19.5 Å². The minimum atomic E-state index is 0.833. The molecule has 0 amide bonds. The predicted octanol–water partition coefficient (Wildman–Crippen LogP) is 1.36. The average molecular weight is 169 g/mol. The minimum absolute atomic E-state index is 0.833. The molecule has 2 heterocycles. The van der Waals surface area contributed by atoms with E-state index in [9.17, 15) is 0 Å². The molecule has 0 aliphatic carbocycles. The quantitative estimate of drug-likeness (QED) is 0.632. The van der Waals surface area contributed by atoms with Crippen molar-refractivity contribution in [2.45, 2.75) is 26.3 Å². The van der Waals surface area contributed by atoms with Crippen LogP contribution in [0.25, 0.3) is 0 Å². The molecule has 1 atom stereocenters. The van der Waals surface area contributed by atoms with Crippen LogP contribution in [0.4, 0.5) is 0 Å². The lowest BCUT2D eigenvalue weighted by atomic mass is 9.90. The highest BCUT2D eigenvalue weighted by Gasteiger charge is 2.33. The van der Waals surface area contributed by atoms with Gasteiger partial charge in [0, 0.05) is 18.5 Å². The molecule has 0 aromatic rings. The van der Waals surface area contributed by atoms with Crippen molar-refractivity contribution >= 4 is 0 Å². The van der Waals surface area contributed by atoms with Gasteiger partial charge < -0.3 is 4.74 Å². The number of ether oxygens (including phenoxy) is 1. The molecule has 2 rings (SSSR count). The lowest BCUT2D eigenvalue weighted by molar-refractivity contribution is -0.0702. The van der Waals surface area contributed by atoms with Crippen LogP contribution >= 0.6 is 0 Å². The fraction of sp³-hybridized carbons (Fsp3) is 1.00. The van der Waals surface area contributed by atoms with Gasteiger partial charge in [-0.2, -0.15) is 0 Å². The Morgan fingerprint density at radius 2 is 2.17 bits per heavy atom. The van der Waals surface area contributed by atoms with Crippen molar-refractivity contribution in [3.63, 3.8) is 0 Å². The fourth-order valence-corrected chi connectivity index (χ4v) is 2.16. The number of hydrogen-bond acceptors (Lipinski definition) is 2. The Bertz CT molecular complexity index is 154. The van der Waals surface area contributed by atoms with Crippen LogP contribution in [0.5, 0.6) is 0 Å². The van der Waals surface area contributed by atoms with Crippen LogP contribution in [-0.2, 0) is 4.74 Å². The predicted molar refractivity (Wildman–Crippen MR) is 49.1 cm³/mol. The Balaban J connectivity index is 1.73. The van der Waals surface area contributed by atoms with Gasteiger partial charge in [-0.1, -0.05) is 13.8 Å². The number of rotatable bonds is 3. The highest BCUT2D eigenvalue weighted by molar-refractivity contribution is 4.87. The topological polar surface area (TPSA) is 12.5 Å². The summed E-state index contributed by atoms with van der Waals surface area (Å²) in [5.74, 6) is 1.67. The molecule has 2 heteroatoms. The van der Waals surface area contributed by atoms with E-state index in [2.05, 4.69) is 18.7 Å². The van der Waals surface area contributed by atoms with Crippen LogP contribution in [0.15, 0.2) is 0 Å². The summed E-state index contributed by atoms with van der Waals surface area (Å²) in [5, 5.41) is 0. The van der Waals surface area contributed by atoms with Crippen LogP contribution < -0.4 is 0 Å². The molecule has 70 valence electrons. The van der Waals surface area contributed by atoms with E-state index in [0.717, 1.165) is 31.1 Å². The molecule has 0 unspecified atom stereocenters. The van der Waals surface area contributed by atoms with Gasteiger partial charge >= 0.3 is 0 Å². The highest BCUT2D eigenvalue weighted by atomic mass is 16.5. The Hall–Kier alpha value is -0.0800. The fourth-order valence-electron chi connectivity index (χ4n) is 2.16. The second-order valence-corrected chi connectivity index (χ2v) is 4.50. The van der Waals surface area contributed by atoms with E-state index >= 15 is 0 Å². The number of likely N-dealkylation sites (tertiary alicyclic amines) is 1. The van der Waals surface area contributed by atoms with Gasteiger partial charge in [0.1, 0.15) is 0 Å². The first-order chi connectivity index (χ1) is 5.77. The smallest absolute Gasteiger partial charge is 0.0528 e. The third-order valence-corrected chi connectivity index (χ3v) is 3.15. The zero-order chi connectivity index (χ0) is 8.55. The normalized spacial score (nSPS) is 31.8. The first kappa shape index (κ1) is 8.52. The summed E-state index contributed by atoms with van der Waals surface area (Å²) in [4.78, 5) is 2.62. The standard InChI is InChI=1S/C10H19NO/c1-8(2)10-3-4-11(10)5-9-6-12-7-9/h8-10H,3-7H2,1-2H3/t10-/m1/s1. The van der Waals surface area contributed by atoms with Crippen LogP contribution in [0.3, 0.4) is 0 Å². The molecule has 2 saturated heterocycles. The highest BCUT2D eigenvalue weighted by Crippen LogP contribution is 2.26. The maximum absolute atomic E-state index is 5.17. The number of hydrogen-bond donors (Lipinski definition) is 0. The number of nitrogens with zero attached hydrogens (tertiary/aromatic N) is 1. The molecule has 2 aliphatic rings. The van der Waals surface area contributed by atoms with Crippen LogP contribution in [0.1, 0.15) is 20.3 Å². The molecule has 0 radical (unpaired) electrons. The van der Waals surface area contributed by atoms with Crippen molar-refractivity contribution in [3.8, 4) is 0 Å². The van der Waals surface area contributed by atoms with Crippen LogP contribution in [-0.4, -0.2) is 37.2 Å². The lowest BCUT2D eigenvalue weighted by Crippen LogP contribution is -2.54. The maximum Gasteiger partial charge on any atom is 0.0528 e. The summed E-state index contributed by atoms with van der Waals surface area (Å²) in [6.07, 6.45) is 1.41. The monoisotopic (exact) mass is 169 g/mol. The average Bonchev–Trinajstić information content (AvgIpc) is 1.79. The summed E-state index contributed by atoms with van der Waals surface area (Å²) in [6, 6.07) is 0.866. The zero-order valence-electron chi connectivity index (χ0n) is 8.12. The van der Waals surface area contributed by atoms with Crippen LogP contribution in [0.2, 0.25) is 0 Å². The summed E-state index contributed by atoms with van der Waals surface area (Å²) in [7, 11) is 0. The molecule has 2 aliphatic heterocycles. The summed E-state index contributed by atoms with van der Waals surface area (Å²) in [5.41, 5.74) is 0. The molecular weight excluding hydrogens is 150 g/mol. The first-order valence-electron chi connectivity index (χ1n) is 5.09. The second-order valence-electron chi connectivity index (χ2n) is 4.50. The van der Waals surface area contributed by atoms with E-state index < -0.39 is 0 Å². The molecule has 2 nitrogen and oxygen atoms in total. The van der Waals surface area contributed by atoms with Crippen molar-refractivity contribution in [1.29, 1.82) is 0 Å². The Labute approximate surface area is 74.9 Å². The van der Waals surface area contributed by atoms with Crippen molar-refractivity contribution in [2.75, 3.05) is 26.3 Å². The second kappa shape index (κ2) is 3.35. The zero-order valence-corrected chi connectivity index (χ0v) is 8.12. The van der Waals surface area contributed by atoms with Gasteiger partial charge in [0.2, 0.25) is 0 Å². The van der Waals surface area contributed by atoms with Gasteiger partial charge in [0.15, 0.2) is 0 Å². The van der Waals surface area contributed by atoms with Gasteiger partial charge in [-0.25, -0.2) is 0 Å². The van der Waals surface area contributed by atoms with E-state index in [1.54, 1.807) is 0 Å².